The van der Waals surface area contributed by atoms with Gasteiger partial charge in [-0.1, -0.05) is 23.2 Å². The van der Waals surface area contributed by atoms with Gasteiger partial charge < -0.3 is 15.0 Å². The molecule has 112 valence electrons. The van der Waals surface area contributed by atoms with Gasteiger partial charge in [0.1, 0.15) is 5.69 Å². The summed E-state index contributed by atoms with van der Waals surface area (Å²) in [5.74, 6) is 0.101. The third kappa shape index (κ3) is 2.89. The number of carbonyl (C=O) groups is 1. The fraction of sp³-hybridized carbons (Fsp3) is 0.400. The van der Waals surface area contributed by atoms with Gasteiger partial charge in [-0.3, -0.25) is 4.79 Å². The van der Waals surface area contributed by atoms with Crippen LogP contribution in [0.1, 0.15) is 23.3 Å². The van der Waals surface area contributed by atoms with E-state index in [2.05, 4.69) is 4.98 Å². The van der Waals surface area contributed by atoms with E-state index in [9.17, 15) is 9.90 Å². The number of amides is 1. The highest BCUT2D eigenvalue weighted by Crippen LogP contribution is 2.33. The molecule has 1 aromatic heterocycles. The summed E-state index contributed by atoms with van der Waals surface area (Å²) >= 11 is 12.2. The van der Waals surface area contributed by atoms with Crippen LogP contribution in [0.2, 0.25) is 10.0 Å². The third-order valence-corrected chi connectivity index (χ3v) is 4.51. The van der Waals surface area contributed by atoms with Gasteiger partial charge in [0.25, 0.3) is 5.91 Å². The van der Waals surface area contributed by atoms with Crippen LogP contribution in [0.25, 0.3) is 10.9 Å². The lowest BCUT2D eigenvalue weighted by molar-refractivity contribution is 0.0641. The Morgan fingerprint density at radius 2 is 2.19 bits per heavy atom. The highest BCUT2D eigenvalue weighted by Gasteiger charge is 2.31. The summed E-state index contributed by atoms with van der Waals surface area (Å²) in [6.45, 7) is 0.315. The van der Waals surface area contributed by atoms with Crippen LogP contribution in [-0.4, -0.2) is 40.6 Å². The molecule has 1 unspecified atom stereocenters. The molecule has 1 aliphatic rings. The lowest BCUT2D eigenvalue weighted by Gasteiger charge is -2.20. The molecule has 1 saturated carbocycles. The van der Waals surface area contributed by atoms with Crippen molar-refractivity contribution < 1.29 is 9.90 Å². The van der Waals surface area contributed by atoms with E-state index in [1.807, 2.05) is 0 Å². The van der Waals surface area contributed by atoms with Crippen molar-refractivity contribution >= 4 is 40.0 Å². The van der Waals surface area contributed by atoms with Crippen LogP contribution in [-0.2, 0) is 0 Å². The number of rotatable bonds is 4. The lowest BCUT2D eigenvalue weighted by Crippen LogP contribution is -2.35. The third-order valence-electron chi connectivity index (χ3n) is 3.88. The molecule has 6 heteroatoms. The molecule has 0 radical (unpaired) electrons. The quantitative estimate of drug-likeness (QED) is 0.905. The zero-order valence-corrected chi connectivity index (χ0v) is 13.1. The topological polar surface area (TPSA) is 56.3 Å². The fourth-order valence-corrected chi connectivity index (χ4v) is 2.92. The normalized spacial score (nSPS) is 16.2. The van der Waals surface area contributed by atoms with E-state index >= 15 is 0 Å². The van der Waals surface area contributed by atoms with Gasteiger partial charge in [-0.05, 0) is 37.0 Å². The summed E-state index contributed by atoms with van der Waals surface area (Å²) in [5, 5.41) is 11.6. The Balaban J connectivity index is 1.85. The van der Waals surface area contributed by atoms with E-state index in [1.165, 1.54) is 4.90 Å². The maximum Gasteiger partial charge on any atom is 0.271 e. The maximum absolute atomic E-state index is 12.5. The summed E-state index contributed by atoms with van der Waals surface area (Å²) < 4.78 is 0. The minimum atomic E-state index is -0.462. The molecule has 1 aliphatic carbocycles. The number of benzene rings is 1. The molecule has 1 fully saturated rings. The first-order chi connectivity index (χ1) is 9.97. The molecule has 0 saturated heterocycles. The van der Waals surface area contributed by atoms with E-state index in [0.29, 0.717) is 28.2 Å². The van der Waals surface area contributed by atoms with Crippen molar-refractivity contribution in [2.75, 3.05) is 13.6 Å². The number of aliphatic hydroxyl groups excluding tert-OH is 1. The lowest BCUT2D eigenvalue weighted by atomic mass is 10.2. The first kappa shape index (κ1) is 14.7. The highest BCUT2D eigenvalue weighted by atomic mass is 35.5. The Kier molecular flexibility index (Phi) is 3.86. The van der Waals surface area contributed by atoms with Gasteiger partial charge in [-0.25, -0.2) is 0 Å². The van der Waals surface area contributed by atoms with Crippen molar-refractivity contribution in [3.05, 3.63) is 33.9 Å². The standard InChI is InChI=1S/C15H16Cl2N2O2/c1-19(7-12(20)8-2-3-8)15(21)14-13(17)10-6-9(16)4-5-11(10)18-14/h4-6,8,12,18,20H,2-3,7H2,1H3. The molecule has 1 aromatic carbocycles. The van der Waals surface area contributed by atoms with Crippen molar-refractivity contribution in [3.63, 3.8) is 0 Å². The van der Waals surface area contributed by atoms with Crippen LogP contribution < -0.4 is 0 Å². The second kappa shape index (κ2) is 5.52. The summed E-state index contributed by atoms with van der Waals surface area (Å²) in [6.07, 6.45) is 1.61. The van der Waals surface area contributed by atoms with Gasteiger partial charge in [-0.2, -0.15) is 0 Å². The van der Waals surface area contributed by atoms with Crippen LogP contribution >= 0.6 is 23.2 Å². The van der Waals surface area contributed by atoms with Gasteiger partial charge in [-0.15, -0.1) is 0 Å². The Labute approximate surface area is 132 Å². The fourth-order valence-electron chi connectivity index (χ4n) is 2.46. The Bertz CT molecular complexity index is 694. The molecule has 0 bridgehead atoms. The molecule has 0 aliphatic heterocycles. The van der Waals surface area contributed by atoms with Crippen LogP contribution in [0.3, 0.4) is 0 Å². The molecule has 1 atom stereocenters. The molecule has 2 N–H and O–H groups in total. The van der Waals surface area contributed by atoms with Gasteiger partial charge in [0.15, 0.2) is 0 Å². The van der Waals surface area contributed by atoms with Crippen molar-refractivity contribution in [2.24, 2.45) is 5.92 Å². The number of carbonyl (C=O) groups excluding carboxylic acids is 1. The summed E-state index contributed by atoms with van der Waals surface area (Å²) in [4.78, 5) is 17.0. The Morgan fingerprint density at radius 1 is 1.48 bits per heavy atom. The number of aromatic nitrogens is 1. The van der Waals surface area contributed by atoms with Gasteiger partial charge in [0.2, 0.25) is 0 Å². The number of hydrogen-bond donors (Lipinski definition) is 2. The molecular formula is C15H16Cl2N2O2. The largest absolute Gasteiger partial charge is 0.391 e. The number of fused-ring (bicyclic) bond motifs is 1. The van der Waals surface area contributed by atoms with Crippen LogP contribution in [0, 0.1) is 5.92 Å². The van der Waals surface area contributed by atoms with Crippen molar-refractivity contribution in [1.29, 1.82) is 0 Å². The Hall–Kier alpha value is -1.23. The first-order valence-electron chi connectivity index (χ1n) is 6.87. The average Bonchev–Trinajstić information content (AvgIpc) is 3.24. The van der Waals surface area contributed by atoms with Gasteiger partial charge in [0.05, 0.1) is 11.1 Å². The average molecular weight is 327 g/mol. The van der Waals surface area contributed by atoms with Crippen LogP contribution in [0.4, 0.5) is 0 Å². The number of hydrogen-bond acceptors (Lipinski definition) is 2. The predicted octanol–water partition coefficient (Wildman–Crippen LogP) is 3.32. The number of H-pyrrole nitrogens is 1. The second-order valence-electron chi connectivity index (χ2n) is 5.59. The van der Waals surface area contributed by atoms with Gasteiger partial charge in [0, 0.05) is 29.5 Å². The van der Waals surface area contributed by atoms with E-state index < -0.39 is 6.10 Å². The molecule has 1 amide bonds. The smallest absolute Gasteiger partial charge is 0.271 e. The molecule has 1 heterocycles. The maximum atomic E-state index is 12.5. The zero-order chi connectivity index (χ0) is 15.1. The number of halogens is 2. The molecule has 21 heavy (non-hydrogen) atoms. The first-order valence-corrected chi connectivity index (χ1v) is 7.63. The summed E-state index contributed by atoms with van der Waals surface area (Å²) in [5.41, 5.74) is 1.10. The Morgan fingerprint density at radius 3 is 2.86 bits per heavy atom. The predicted molar refractivity (Wildman–Crippen MR) is 84.0 cm³/mol. The summed E-state index contributed by atoms with van der Waals surface area (Å²) in [7, 11) is 1.67. The minimum Gasteiger partial charge on any atom is -0.391 e. The second-order valence-corrected chi connectivity index (χ2v) is 6.41. The van der Waals surface area contributed by atoms with Crippen LogP contribution in [0.5, 0.6) is 0 Å². The summed E-state index contributed by atoms with van der Waals surface area (Å²) in [6, 6.07) is 5.26. The zero-order valence-electron chi connectivity index (χ0n) is 11.6. The van der Waals surface area contributed by atoms with E-state index in [1.54, 1.807) is 25.2 Å². The number of nitrogens with one attached hydrogen (secondary N) is 1. The highest BCUT2D eigenvalue weighted by molar-refractivity contribution is 6.39. The number of nitrogens with zero attached hydrogens (tertiary/aromatic N) is 1. The monoisotopic (exact) mass is 326 g/mol. The van der Waals surface area contributed by atoms with E-state index in [-0.39, 0.29) is 5.91 Å². The SMILES string of the molecule is CN(CC(O)C1CC1)C(=O)c1[nH]c2ccc(Cl)cc2c1Cl. The van der Waals surface area contributed by atoms with Crippen LogP contribution in [0.15, 0.2) is 18.2 Å². The molecule has 3 rings (SSSR count). The van der Waals surface area contributed by atoms with E-state index in [0.717, 1.165) is 23.7 Å². The van der Waals surface area contributed by atoms with Gasteiger partial charge >= 0.3 is 0 Å². The van der Waals surface area contributed by atoms with Crippen molar-refractivity contribution in [1.82, 2.24) is 9.88 Å². The van der Waals surface area contributed by atoms with Crippen molar-refractivity contribution in [3.8, 4) is 0 Å². The molecular weight excluding hydrogens is 311 g/mol. The molecule has 4 nitrogen and oxygen atoms in total. The molecule has 2 aromatic rings. The number of aliphatic hydroxyl groups is 1. The number of aromatic amines is 1. The van der Waals surface area contributed by atoms with E-state index in [4.69, 9.17) is 23.2 Å². The molecule has 0 spiro atoms. The minimum absolute atomic E-state index is 0.230. The van der Waals surface area contributed by atoms with Crippen molar-refractivity contribution in [2.45, 2.75) is 18.9 Å². The number of likely N-dealkylation sites (N-methyl/N-ethyl adjacent to an activating group) is 1.